The molecule has 0 saturated carbocycles. The van der Waals surface area contributed by atoms with Crippen molar-refractivity contribution in [3.63, 3.8) is 0 Å². The molecule has 0 rings (SSSR count). The first-order chi connectivity index (χ1) is 4.77. The third kappa shape index (κ3) is 7.35. The molecule has 4 N–H and O–H groups in total. The topological polar surface area (TPSA) is 87.6 Å². The van der Waals surface area contributed by atoms with E-state index in [1.165, 1.54) is 0 Å². The molecule has 0 aromatic carbocycles. The molecule has 0 aromatic heterocycles. The minimum Gasteiger partial charge on any atom is -0.369 e. The van der Waals surface area contributed by atoms with E-state index in [4.69, 9.17) is 20.9 Å². The maximum Gasteiger partial charge on any atom is 0.243 e. The predicted octanol–water partition coefficient (Wildman–Crippen LogP) is -1.58. The fourth-order valence-electron chi connectivity index (χ4n) is 0.374. The average Bonchev–Trinajstić information content (AvgIpc) is 1.87. The van der Waals surface area contributed by atoms with Gasteiger partial charge in [-0.3, -0.25) is 4.79 Å². The molecule has 0 unspecified atom stereocenters. The number of amides is 1. The van der Waals surface area contributed by atoms with Gasteiger partial charge in [-0.05, 0) is 0 Å². The number of hydrogen-bond donors (Lipinski definition) is 2. The van der Waals surface area contributed by atoms with Gasteiger partial charge in [-0.15, -0.1) is 0 Å². The lowest BCUT2D eigenvalue weighted by Crippen LogP contribution is -2.20. The van der Waals surface area contributed by atoms with Crippen LogP contribution in [0.4, 0.5) is 0 Å². The van der Waals surface area contributed by atoms with E-state index in [1.54, 1.807) is 0 Å². The minimum atomic E-state index is -0.479. The highest BCUT2D eigenvalue weighted by Crippen LogP contribution is 1.74. The average molecular weight is 148 g/mol. The van der Waals surface area contributed by atoms with Gasteiger partial charge in [-0.25, -0.2) is 0 Å². The predicted molar refractivity (Wildman–Crippen MR) is 35.0 cm³/mol. The number of hydrogen-bond acceptors (Lipinski definition) is 4. The Bertz CT molecular complexity index is 96.9. The first-order valence-corrected chi connectivity index (χ1v) is 2.91. The summed E-state index contributed by atoms with van der Waals surface area (Å²) in [6.07, 6.45) is 0. The Kier molecular flexibility index (Phi) is 6.05. The molecule has 5 nitrogen and oxygen atoms in total. The van der Waals surface area contributed by atoms with Crippen molar-refractivity contribution in [2.24, 2.45) is 11.5 Å². The third-order valence-corrected chi connectivity index (χ3v) is 0.734. The van der Waals surface area contributed by atoms with Crippen molar-refractivity contribution in [1.29, 1.82) is 0 Å². The molecular formula is C5H12N2O3. The molecule has 60 valence electrons. The lowest BCUT2D eigenvalue weighted by molar-refractivity contribution is -0.123. The Morgan fingerprint density at radius 2 is 1.90 bits per heavy atom. The Morgan fingerprint density at radius 3 is 2.40 bits per heavy atom. The van der Waals surface area contributed by atoms with E-state index < -0.39 is 5.91 Å². The summed E-state index contributed by atoms with van der Waals surface area (Å²) in [5, 5.41) is 0. The van der Waals surface area contributed by atoms with Gasteiger partial charge >= 0.3 is 0 Å². The van der Waals surface area contributed by atoms with Crippen LogP contribution in [0.1, 0.15) is 0 Å². The highest BCUT2D eigenvalue weighted by Gasteiger charge is 1.91. The highest BCUT2D eigenvalue weighted by molar-refractivity contribution is 5.74. The van der Waals surface area contributed by atoms with Crippen molar-refractivity contribution in [1.82, 2.24) is 0 Å². The van der Waals surface area contributed by atoms with E-state index in [1.807, 2.05) is 0 Å². The molecule has 0 aliphatic carbocycles. The molecule has 0 aliphatic rings. The lowest BCUT2D eigenvalue weighted by Gasteiger charge is -2.00. The van der Waals surface area contributed by atoms with Crippen LogP contribution in [0.2, 0.25) is 0 Å². The quantitative estimate of drug-likeness (QED) is 0.351. The number of rotatable bonds is 6. The van der Waals surface area contributed by atoms with Crippen molar-refractivity contribution in [2.75, 3.05) is 26.6 Å². The zero-order valence-electron chi connectivity index (χ0n) is 5.71. The van der Waals surface area contributed by atoms with E-state index >= 15 is 0 Å². The summed E-state index contributed by atoms with van der Waals surface area (Å²) >= 11 is 0. The monoisotopic (exact) mass is 148 g/mol. The van der Waals surface area contributed by atoms with E-state index in [0.29, 0.717) is 13.2 Å². The molecule has 0 fully saturated rings. The van der Waals surface area contributed by atoms with Crippen molar-refractivity contribution >= 4 is 5.91 Å². The van der Waals surface area contributed by atoms with Gasteiger partial charge in [0.25, 0.3) is 0 Å². The Hall–Kier alpha value is -0.650. The van der Waals surface area contributed by atoms with E-state index in [9.17, 15) is 4.79 Å². The molecule has 0 saturated heterocycles. The number of nitrogens with two attached hydrogens (primary N) is 2. The van der Waals surface area contributed by atoms with Crippen LogP contribution in [0.15, 0.2) is 0 Å². The summed E-state index contributed by atoms with van der Waals surface area (Å²) in [6.45, 7) is 0.845. The Labute approximate surface area is 59.3 Å². The normalized spacial score (nSPS) is 9.70. The molecule has 0 aromatic rings. The van der Waals surface area contributed by atoms with Gasteiger partial charge in [-0.1, -0.05) is 0 Å². The van der Waals surface area contributed by atoms with Crippen LogP contribution in [0.3, 0.4) is 0 Å². The molecular weight excluding hydrogens is 136 g/mol. The largest absolute Gasteiger partial charge is 0.369 e. The number of primary amides is 1. The molecule has 5 heteroatoms. The fraction of sp³-hybridized carbons (Fsp3) is 0.800. The summed E-state index contributed by atoms with van der Waals surface area (Å²) in [6, 6.07) is 0. The van der Waals surface area contributed by atoms with Gasteiger partial charge in [0.05, 0.1) is 19.9 Å². The third-order valence-electron chi connectivity index (χ3n) is 0.734. The molecule has 0 heterocycles. The van der Waals surface area contributed by atoms with E-state index in [0.717, 1.165) is 0 Å². The molecule has 0 atom stereocenters. The maximum absolute atomic E-state index is 10.1. The molecule has 10 heavy (non-hydrogen) atoms. The van der Waals surface area contributed by atoms with Crippen LogP contribution in [-0.2, 0) is 14.3 Å². The summed E-state index contributed by atoms with van der Waals surface area (Å²) in [5.74, 6) is -0.479. The van der Waals surface area contributed by atoms with Crippen LogP contribution in [0.5, 0.6) is 0 Å². The van der Waals surface area contributed by atoms with Crippen molar-refractivity contribution in [3.05, 3.63) is 0 Å². The summed E-state index contributed by atoms with van der Waals surface area (Å²) in [4.78, 5) is 10.1. The lowest BCUT2D eigenvalue weighted by atomic mass is 10.7. The van der Waals surface area contributed by atoms with Gasteiger partial charge in [0.15, 0.2) is 0 Å². The van der Waals surface area contributed by atoms with Gasteiger partial charge in [0.1, 0.15) is 6.61 Å². The maximum atomic E-state index is 10.1. The van der Waals surface area contributed by atoms with Crippen molar-refractivity contribution in [3.8, 4) is 0 Å². The highest BCUT2D eigenvalue weighted by atomic mass is 16.5. The molecule has 0 bridgehead atoms. The first-order valence-electron chi connectivity index (χ1n) is 2.91. The summed E-state index contributed by atoms with van der Waals surface area (Å²) in [7, 11) is 0. The van der Waals surface area contributed by atoms with Crippen molar-refractivity contribution in [2.45, 2.75) is 0 Å². The zero-order chi connectivity index (χ0) is 7.82. The Morgan fingerprint density at radius 1 is 1.30 bits per heavy atom. The van der Waals surface area contributed by atoms with Crippen LogP contribution in [0.25, 0.3) is 0 Å². The van der Waals surface area contributed by atoms with Crippen molar-refractivity contribution < 1.29 is 14.3 Å². The van der Waals surface area contributed by atoms with Gasteiger partial charge in [0.2, 0.25) is 5.91 Å². The molecule has 0 aliphatic heterocycles. The fourth-order valence-corrected chi connectivity index (χ4v) is 0.374. The number of carbonyl (C=O) groups is 1. The molecule has 0 radical (unpaired) electrons. The standard InChI is InChI=1S/C5H12N2O3/c6-4-10-2-1-9-3-5(7)8/h1-4,6H2,(H2,7,8). The van der Waals surface area contributed by atoms with Crippen LogP contribution < -0.4 is 11.5 Å². The minimum absolute atomic E-state index is 0.0616. The second-order valence-electron chi connectivity index (χ2n) is 1.59. The Balaban J connectivity index is 2.84. The van der Waals surface area contributed by atoms with Gasteiger partial charge in [-0.2, -0.15) is 0 Å². The SMILES string of the molecule is NCOCCOCC(N)=O. The zero-order valence-corrected chi connectivity index (χ0v) is 5.71. The second kappa shape index (κ2) is 6.47. The summed E-state index contributed by atoms with van der Waals surface area (Å²) < 4.78 is 9.46. The van der Waals surface area contributed by atoms with Gasteiger partial charge < -0.3 is 20.9 Å². The van der Waals surface area contributed by atoms with E-state index in [2.05, 4.69) is 0 Å². The van der Waals surface area contributed by atoms with E-state index in [-0.39, 0.29) is 13.3 Å². The van der Waals surface area contributed by atoms with Crippen LogP contribution in [0, 0.1) is 0 Å². The summed E-state index contributed by atoms with van der Waals surface area (Å²) in [5.41, 5.74) is 9.78. The van der Waals surface area contributed by atoms with Crippen LogP contribution in [-0.4, -0.2) is 32.5 Å². The molecule has 1 amide bonds. The smallest absolute Gasteiger partial charge is 0.243 e. The second-order valence-corrected chi connectivity index (χ2v) is 1.59. The number of ether oxygens (including phenoxy) is 2. The number of carbonyl (C=O) groups excluding carboxylic acids is 1. The van der Waals surface area contributed by atoms with Crippen LogP contribution >= 0.6 is 0 Å². The van der Waals surface area contributed by atoms with Gasteiger partial charge in [0, 0.05) is 0 Å². The molecule has 0 spiro atoms. The first kappa shape index (κ1) is 9.35.